The first-order valence-corrected chi connectivity index (χ1v) is 6.80. The Balaban J connectivity index is 1.97. The number of methoxy groups -OCH3 is 1. The second-order valence-electron chi connectivity index (χ2n) is 4.94. The molecule has 0 aliphatic carbocycles. The molecule has 0 amide bonds. The van der Waals surface area contributed by atoms with Crippen molar-refractivity contribution in [1.82, 2.24) is 0 Å². The summed E-state index contributed by atoms with van der Waals surface area (Å²) in [5, 5.41) is 0. The lowest BCUT2D eigenvalue weighted by atomic mass is 9.86. The van der Waals surface area contributed by atoms with E-state index in [0.717, 1.165) is 5.56 Å². The van der Waals surface area contributed by atoms with Crippen LogP contribution >= 0.6 is 0 Å². The number of Topliss-reactive ketones (excluding diaryl/α,β-unsaturated/α-hetero) is 1. The van der Waals surface area contributed by atoms with Crippen LogP contribution in [0.25, 0.3) is 0 Å². The minimum absolute atomic E-state index is 0.0949. The Morgan fingerprint density at radius 1 is 1.29 bits per heavy atom. The summed E-state index contributed by atoms with van der Waals surface area (Å²) in [5.74, 6) is -0.0282. The van der Waals surface area contributed by atoms with Crippen LogP contribution in [0.5, 0.6) is 11.5 Å². The molecule has 1 aliphatic heterocycles. The van der Waals surface area contributed by atoms with E-state index in [2.05, 4.69) is 0 Å². The van der Waals surface area contributed by atoms with E-state index in [-0.39, 0.29) is 17.3 Å². The third kappa shape index (κ3) is 2.49. The van der Waals surface area contributed by atoms with Gasteiger partial charge in [0.2, 0.25) is 0 Å². The van der Waals surface area contributed by atoms with E-state index in [4.69, 9.17) is 9.47 Å². The van der Waals surface area contributed by atoms with Crippen LogP contribution in [0.1, 0.15) is 28.3 Å². The Kier molecular flexibility index (Phi) is 3.60. The topological polar surface area (TPSA) is 35.5 Å². The van der Waals surface area contributed by atoms with Gasteiger partial charge in [-0.05, 0) is 24.6 Å². The summed E-state index contributed by atoms with van der Waals surface area (Å²) in [6.07, 6.45) is 0.557. The van der Waals surface area contributed by atoms with Crippen LogP contribution < -0.4 is 9.47 Å². The molecule has 0 bridgehead atoms. The van der Waals surface area contributed by atoms with Crippen LogP contribution in [0.4, 0.5) is 4.39 Å². The van der Waals surface area contributed by atoms with Crippen molar-refractivity contribution in [2.45, 2.75) is 12.3 Å². The third-order valence-corrected chi connectivity index (χ3v) is 3.72. The summed E-state index contributed by atoms with van der Waals surface area (Å²) < 4.78 is 24.6. The van der Waals surface area contributed by atoms with Crippen LogP contribution in [0.3, 0.4) is 0 Å². The summed E-state index contributed by atoms with van der Waals surface area (Å²) in [7, 11) is 1.46. The standard InChI is InChI=1S/C17H15FO3/c1-20-11-6-7-14(15(18)10-11)17(19)13-8-9-21-16-5-3-2-4-12(13)16/h2-7,10,13H,8-9H2,1H3. The molecule has 4 heteroatoms. The number of hydrogen-bond donors (Lipinski definition) is 0. The molecule has 1 atom stereocenters. The number of fused-ring (bicyclic) bond motifs is 1. The maximum Gasteiger partial charge on any atom is 0.173 e. The van der Waals surface area contributed by atoms with Gasteiger partial charge in [-0.2, -0.15) is 0 Å². The number of para-hydroxylation sites is 1. The summed E-state index contributed by atoms with van der Waals surface area (Å²) in [4.78, 5) is 12.6. The minimum Gasteiger partial charge on any atom is -0.497 e. The fourth-order valence-corrected chi connectivity index (χ4v) is 2.62. The molecule has 1 unspecified atom stereocenters. The molecule has 0 radical (unpaired) electrons. The molecular formula is C17H15FO3. The number of rotatable bonds is 3. The van der Waals surface area contributed by atoms with Gasteiger partial charge in [-0.25, -0.2) is 4.39 Å². The van der Waals surface area contributed by atoms with Crippen LogP contribution in [0.2, 0.25) is 0 Å². The van der Waals surface area contributed by atoms with E-state index < -0.39 is 5.82 Å². The van der Waals surface area contributed by atoms with Gasteiger partial charge in [0.25, 0.3) is 0 Å². The van der Waals surface area contributed by atoms with E-state index in [9.17, 15) is 9.18 Å². The number of benzene rings is 2. The molecular weight excluding hydrogens is 271 g/mol. The molecule has 108 valence electrons. The average Bonchev–Trinajstić information content (AvgIpc) is 2.53. The molecule has 0 spiro atoms. The summed E-state index contributed by atoms with van der Waals surface area (Å²) in [5.41, 5.74) is 0.918. The van der Waals surface area contributed by atoms with Gasteiger partial charge < -0.3 is 9.47 Å². The number of halogens is 1. The van der Waals surface area contributed by atoms with Gasteiger partial charge in [-0.15, -0.1) is 0 Å². The van der Waals surface area contributed by atoms with Crippen molar-refractivity contribution in [3.05, 3.63) is 59.4 Å². The van der Waals surface area contributed by atoms with Crippen LogP contribution in [0, 0.1) is 5.82 Å². The summed E-state index contributed by atoms with van der Waals surface area (Å²) >= 11 is 0. The number of ketones is 1. The molecule has 0 saturated carbocycles. The normalized spacial score (nSPS) is 16.8. The zero-order chi connectivity index (χ0) is 14.8. The van der Waals surface area contributed by atoms with E-state index in [1.54, 1.807) is 6.07 Å². The van der Waals surface area contributed by atoms with E-state index in [0.29, 0.717) is 24.5 Å². The van der Waals surface area contributed by atoms with Gasteiger partial charge in [0, 0.05) is 11.6 Å². The third-order valence-electron chi connectivity index (χ3n) is 3.72. The lowest BCUT2D eigenvalue weighted by molar-refractivity contribution is 0.0929. The van der Waals surface area contributed by atoms with Gasteiger partial charge in [0.15, 0.2) is 5.78 Å². The minimum atomic E-state index is -0.552. The summed E-state index contributed by atoms with van der Waals surface area (Å²) in [6, 6.07) is 11.7. The second kappa shape index (κ2) is 5.56. The number of ether oxygens (including phenoxy) is 2. The molecule has 2 aromatic rings. The fraction of sp³-hybridized carbons (Fsp3) is 0.235. The highest BCUT2D eigenvalue weighted by molar-refractivity contribution is 6.01. The van der Waals surface area contributed by atoms with Crippen molar-refractivity contribution in [2.75, 3.05) is 13.7 Å². The quantitative estimate of drug-likeness (QED) is 0.809. The van der Waals surface area contributed by atoms with Gasteiger partial charge in [0.1, 0.15) is 17.3 Å². The highest BCUT2D eigenvalue weighted by atomic mass is 19.1. The molecule has 0 N–H and O–H groups in total. The van der Waals surface area contributed by atoms with Gasteiger partial charge in [-0.1, -0.05) is 18.2 Å². The van der Waals surface area contributed by atoms with Crippen molar-refractivity contribution in [1.29, 1.82) is 0 Å². The molecule has 21 heavy (non-hydrogen) atoms. The predicted molar refractivity (Wildman–Crippen MR) is 76.6 cm³/mol. The fourth-order valence-electron chi connectivity index (χ4n) is 2.62. The zero-order valence-electron chi connectivity index (χ0n) is 11.6. The molecule has 0 fully saturated rings. The first-order chi connectivity index (χ1) is 10.2. The van der Waals surface area contributed by atoms with Crippen LogP contribution in [0.15, 0.2) is 42.5 Å². The maximum absolute atomic E-state index is 14.1. The average molecular weight is 286 g/mol. The Labute approximate surface area is 122 Å². The molecule has 1 aliphatic rings. The number of carbonyl (C=O) groups is 1. The van der Waals surface area contributed by atoms with Crippen LogP contribution in [-0.2, 0) is 0 Å². The molecule has 0 saturated heterocycles. The smallest absolute Gasteiger partial charge is 0.173 e. The van der Waals surface area contributed by atoms with Gasteiger partial charge >= 0.3 is 0 Å². The van der Waals surface area contributed by atoms with Gasteiger partial charge in [0.05, 0.1) is 25.2 Å². The Morgan fingerprint density at radius 2 is 2.10 bits per heavy atom. The maximum atomic E-state index is 14.1. The lowest BCUT2D eigenvalue weighted by Crippen LogP contribution is -2.22. The summed E-state index contributed by atoms with van der Waals surface area (Å²) in [6.45, 7) is 0.463. The van der Waals surface area contributed by atoms with Crippen molar-refractivity contribution in [2.24, 2.45) is 0 Å². The number of carbonyl (C=O) groups excluding carboxylic acids is 1. The Morgan fingerprint density at radius 3 is 2.86 bits per heavy atom. The van der Waals surface area contributed by atoms with Gasteiger partial charge in [-0.3, -0.25) is 4.79 Å². The van der Waals surface area contributed by atoms with E-state index >= 15 is 0 Å². The largest absolute Gasteiger partial charge is 0.497 e. The Bertz CT molecular complexity index is 681. The first kappa shape index (κ1) is 13.6. The second-order valence-corrected chi connectivity index (χ2v) is 4.94. The van der Waals surface area contributed by atoms with Crippen molar-refractivity contribution < 1.29 is 18.7 Å². The van der Waals surface area contributed by atoms with Crippen LogP contribution in [-0.4, -0.2) is 19.5 Å². The van der Waals surface area contributed by atoms with E-state index in [1.165, 1.54) is 19.2 Å². The van der Waals surface area contributed by atoms with Crippen molar-refractivity contribution in [3.8, 4) is 11.5 Å². The zero-order valence-corrected chi connectivity index (χ0v) is 11.6. The molecule has 2 aromatic carbocycles. The highest BCUT2D eigenvalue weighted by Crippen LogP contribution is 2.36. The molecule has 3 rings (SSSR count). The molecule has 3 nitrogen and oxygen atoms in total. The molecule has 1 heterocycles. The lowest BCUT2D eigenvalue weighted by Gasteiger charge is -2.25. The predicted octanol–water partition coefficient (Wildman–Crippen LogP) is 3.58. The molecule has 0 aromatic heterocycles. The van der Waals surface area contributed by atoms with Crippen molar-refractivity contribution in [3.63, 3.8) is 0 Å². The first-order valence-electron chi connectivity index (χ1n) is 6.80. The van der Waals surface area contributed by atoms with E-state index in [1.807, 2.05) is 24.3 Å². The SMILES string of the molecule is COc1ccc(C(=O)C2CCOc3ccccc32)c(F)c1. The monoisotopic (exact) mass is 286 g/mol. The highest BCUT2D eigenvalue weighted by Gasteiger charge is 2.29. The van der Waals surface area contributed by atoms with Crippen molar-refractivity contribution >= 4 is 5.78 Å². The number of hydrogen-bond acceptors (Lipinski definition) is 3. The Hall–Kier alpha value is -2.36.